The Morgan fingerprint density at radius 2 is 1.82 bits per heavy atom. The Morgan fingerprint density at radius 3 is 2.30 bits per heavy atom. The standard InChI is InChI=1S/C11H15FN3O15P3/c12-3-10(5-27-32(23,24)30-33(25,26)29-31(20,21)22)7(17)11(19,4-13)8(28-10)15-2-1-6(16)14-9(15)18/h1-2,7-8,17,19H,3,5H2,(H,23,24)(H,25,26)(H,14,16,18)(H2,20,21,22)/t7-,8-,10-,11-/m1/s1. The topological polar surface area (TPSA) is 288 Å². The summed E-state index contributed by atoms with van der Waals surface area (Å²) in [5.41, 5.74) is -8.15. The molecule has 6 atom stereocenters. The molecule has 186 valence electrons. The second-order valence-corrected chi connectivity index (χ2v) is 10.8. The maximum atomic E-state index is 13.9. The van der Waals surface area contributed by atoms with E-state index in [9.17, 15) is 48.0 Å². The smallest absolute Gasteiger partial charge is 0.386 e. The molecule has 1 fully saturated rings. The SMILES string of the molecule is N#C[C@@]1(O)[C@H](O)[C@@](CF)(COP(=O)(O)OP(=O)(O)OP(=O)(O)O)O[C@H]1n1ccc(=O)[nH]c1=O. The highest BCUT2D eigenvalue weighted by Crippen LogP contribution is 2.66. The summed E-state index contributed by atoms with van der Waals surface area (Å²) in [5, 5.41) is 30.2. The number of hydrogen-bond acceptors (Lipinski definition) is 12. The maximum absolute atomic E-state index is 13.9. The van der Waals surface area contributed by atoms with Crippen LogP contribution in [0.4, 0.5) is 4.39 Å². The van der Waals surface area contributed by atoms with Crippen LogP contribution in [-0.4, -0.2) is 69.9 Å². The molecule has 2 unspecified atom stereocenters. The van der Waals surface area contributed by atoms with Crippen molar-refractivity contribution < 1.29 is 65.8 Å². The number of nitrogens with one attached hydrogen (secondary N) is 1. The number of phosphoric acid groups is 3. The van der Waals surface area contributed by atoms with Crippen molar-refractivity contribution in [1.29, 1.82) is 5.26 Å². The maximum Gasteiger partial charge on any atom is 0.490 e. The summed E-state index contributed by atoms with van der Waals surface area (Å²) in [6, 6.07) is 1.93. The average Bonchev–Trinajstić information content (AvgIpc) is 2.86. The Balaban J connectivity index is 2.35. The van der Waals surface area contributed by atoms with Crippen molar-refractivity contribution in [1.82, 2.24) is 9.55 Å². The minimum absolute atomic E-state index is 0.385. The van der Waals surface area contributed by atoms with Gasteiger partial charge in [-0.15, -0.1) is 0 Å². The number of aromatic amines is 1. The Hall–Kier alpha value is -1.61. The van der Waals surface area contributed by atoms with Gasteiger partial charge in [-0.25, -0.2) is 22.9 Å². The van der Waals surface area contributed by atoms with Gasteiger partial charge in [-0.1, -0.05) is 0 Å². The first kappa shape index (κ1) is 27.6. The quantitative estimate of drug-likeness (QED) is 0.128. The molecule has 7 N–H and O–H groups in total. The van der Waals surface area contributed by atoms with Gasteiger partial charge < -0.3 is 34.5 Å². The van der Waals surface area contributed by atoms with Gasteiger partial charge in [0.1, 0.15) is 18.8 Å². The van der Waals surface area contributed by atoms with E-state index in [4.69, 9.17) is 19.4 Å². The third kappa shape index (κ3) is 6.10. The fourth-order valence-electron chi connectivity index (χ4n) is 2.66. The summed E-state index contributed by atoms with van der Waals surface area (Å²) >= 11 is 0. The second-order valence-electron chi connectivity index (χ2n) is 6.39. The Morgan fingerprint density at radius 1 is 1.21 bits per heavy atom. The lowest BCUT2D eigenvalue weighted by molar-refractivity contribution is -0.137. The molecule has 0 aromatic carbocycles. The number of aliphatic hydroxyl groups excluding tert-OH is 1. The Kier molecular flexibility index (Phi) is 7.71. The van der Waals surface area contributed by atoms with Crippen LogP contribution in [-0.2, 0) is 31.6 Å². The molecule has 33 heavy (non-hydrogen) atoms. The van der Waals surface area contributed by atoms with Crippen LogP contribution < -0.4 is 11.2 Å². The van der Waals surface area contributed by atoms with Crippen molar-refractivity contribution in [3.05, 3.63) is 33.1 Å². The van der Waals surface area contributed by atoms with Gasteiger partial charge in [0.2, 0.25) is 5.60 Å². The van der Waals surface area contributed by atoms with Gasteiger partial charge in [-0.3, -0.25) is 18.9 Å². The molecule has 0 saturated carbocycles. The lowest BCUT2D eigenvalue weighted by Crippen LogP contribution is -2.54. The normalized spacial score (nSPS) is 31.5. The second kappa shape index (κ2) is 9.21. The van der Waals surface area contributed by atoms with E-state index < -0.39 is 71.5 Å². The fraction of sp³-hybridized carbons (Fsp3) is 0.545. The van der Waals surface area contributed by atoms with Crippen molar-refractivity contribution in [2.45, 2.75) is 23.5 Å². The number of nitrogens with zero attached hydrogens (tertiary/aromatic N) is 2. The number of H-pyrrole nitrogens is 1. The van der Waals surface area contributed by atoms with E-state index in [1.54, 1.807) is 4.98 Å². The van der Waals surface area contributed by atoms with Crippen LogP contribution in [0.3, 0.4) is 0 Å². The number of rotatable bonds is 9. The van der Waals surface area contributed by atoms with Crippen LogP contribution in [0.15, 0.2) is 21.9 Å². The van der Waals surface area contributed by atoms with Crippen molar-refractivity contribution in [2.75, 3.05) is 13.3 Å². The molecule has 0 amide bonds. The Labute approximate surface area is 180 Å². The van der Waals surface area contributed by atoms with Crippen LogP contribution in [0.5, 0.6) is 0 Å². The number of alkyl halides is 1. The molecule has 2 rings (SSSR count). The van der Waals surface area contributed by atoms with E-state index in [1.807, 2.05) is 0 Å². The summed E-state index contributed by atoms with van der Waals surface area (Å²) in [6.07, 6.45) is -4.09. The highest BCUT2D eigenvalue weighted by atomic mass is 31.3. The lowest BCUT2D eigenvalue weighted by Gasteiger charge is -2.29. The van der Waals surface area contributed by atoms with Gasteiger partial charge in [-0.2, -0.15) is 13.9 Å². The summed E-state index contributed by atoms with van der Waals surface area (Å²) < 4.78 is 64.4. The molecule has 1 aliphatic rings. The van der Waals surface area contributed by atoms with Crippen molar-refractivity contribution >= 4 is 23.5 Å². The molecule has 1 aromatic rings. The molecule has 1 aliphatic heterocycles. The summed E-state index contributed by atoms with van der Waals surface area (Å²) in [6.45, 7) is -3.45. The molecular formula is C11H15FN3O15P3. The molecule has 0 bridgehead atoms. The number of nitriles is 1. The highest BCUT2D eigenvalue weighted by molar-refractivity contribution is 7.66. The zero-order chi connectivity index (χ0) is 25.5. The number of aliphatic hydroxyl groups is 2. The average molecular weight is 541 g/mol. The number of hydrogen-bond donors (Lipinski definition) is 7. The molecule has 0 aliphatic carbocycles. The zero-order valence-corrected chi connectivity index (χ0v) is 18.4. The summed E-state index contributed by atoms with van der Waals surface area (Å²) in [4.78, 5) is 60.5. The van der Waals surface area contributed by atoms with Gasteiger partial charge in [0.15, 0.2) is 11.8 Å². The summed E-state index contributed by atoms with van der Waals surface area (Å²) in [5.74, 6) is 0. The molecule has 1 saturated heterocycles. The van der Waals surface area contributed by atoms with Crippen molar-refractivity contribution in [2.24, 2.45) is 0 Å². The van der Waals surface area contributed by atoms with E-state index in [2.05, 4.69) is 13.1 Å². The van der Waals surface area contributed by atoms with Crippen molar-refractivity contribution in [3.8, 4) is 6.07 Å². The number of halogens is 1. The van der Waals surface area contributed by atoms with E-state index in [0.29, 0.717) is 4.57 Å². The van der Waals surface area contributed by atoms with Crippen LogP contribution >= 0.6 is 23.5 Å². The third-order valence-corrected chi connectivity index (χ3v) is 7.82. The predicted molar refractivity (Wildman–Crippen MR) is 96.5 cm³/mol. The first-order valence-electron chi connectivity index (χ1n) is 8.06. The van der Waals surface area contributed by atoms with E-state index in [-0.39, 0.29) is 0 Å². The van der Waals surface area contributed by atoms with Crippen molar-refractivity contribution in [3.63, 3.8) is 0 Å². The highest BCUT2D eigenvalue weighted by Gasteiger charge is 2.66. The lowest BCUT2D eigenvalue weighted by atomic mass is 9.88. The molecule has 18 nitrogen and oxygen atoms in total. The summed E-state index contributed by atoms with van der Waals surface area (Å²) in [7, 11) is -17.4. The van der Waals surface area contributed by atoms with Crippen LogP contribution in [0, 0.1) is 11.3 Å². The monoisotopic (exact) mass is 541 g/mol. The minimum Gasteiger partial charge on any atom is -0.386 e. The number of aromatic nitrogens is 2. The van der Waals surface area contributed by atoms with E-state index in [0.717, 1.165) is 12.3 Å². The predicted octanol–water partition coefficient (Wildman–Crippen LogP) is -2.27. The van der Waals surface area contributed by atoms with E-state index >= 15 is 0 Å². The molecule has 1 aromatic heterocycles. The number of phosphoric ester groups is 1. The van der Waals surface area contributed by atoms with Gasteiger partial charge in [-0.05, 0) is 0 Å². The van der Waals surface area contributed by atoms with Crippen LogP contribution in [0.1, 0.15) is 6.23 Å². The van der Waals surface area contributed by atoms with Crippen LogP contribution in [0.2, 0.25) is 0 Å². The molecule has 2 heterocycles. The van der Waals surface area contributed by atoms with Gasteiger partial charge in [0.05, 0.1) is 6.61 Å². The molecule has 22 heteroatoms. The van der Waals surface area contributed by atoms with Gasteiger partial charge in [0.25, 0.3) is 5.56 Å². The van der Waals surface area contributed by atoms with E-state index in [1.165, 1.54) is 6.07 Å². The van der Waals surface area contributed by atoms with Crippen LogP contribution in [0.25, 0.3) is 0 Å². The Bertz CT molecular complexity index is 1210. The van der Waals surface area contributed by atoms with Gasteiger partial charge in [0, 0.05) is 12.3 Å². The zero-order valence-electron chi connectivity index (χ0n) is 15.7. The minimum atomic E-state index is -5.92. The van der Waals surface area contributed by atoms with Gasteiger partial charge >= 0.3 is 29.2 Å². The molecule has 0 radical (unpaired) electrons. The third-order valence-electron chi connectivity index (χ3n) is 4.04. The molecular weight excluding hydrogens is 526 g/mol. The largest absolute Gasteiger partial charge is 0.490 e. The fourth-order valence-corrected chi connectivity index (χ4v) is 5.74. The first-order chi connectivity index (χ1) is 14.9. The first-order valence-corrected chi connectivity index (χ1v) is 12.6. The number of ether oxygens (including phenoxy) is 1. The molecule has 0 spiro atoms.